The number of nitrogens with zero attached hydrogens (tertiary/aromatic N) is 4. The number of aromatic nitrogens is 3. The van der Waals surface area contributed by atoms with Crippen molar-refractivity contribution in [1.82, 2.24) is 20.2 Å². The number of nitrogens with one attached hydrogen (secondary N) is 1. The van der Waals surface area contributed by atoms with Gasteiger partial charge in [0.25, 0.3) is 0 Å². The van der Waals surface area contributed by atoms with Gasteiger partial charge in [-0.3, -0.25) is 10.1 Å². The molecule has 3 heterocycles. The normalized spacial score (nSPS) is 22.7. The molecule has 3 rings (SSSR count). The summed E-state index contributed by atoms with van der Waals surface area (Å²) in [5, 5.41) is 13.4. The maximum atomic E-state index is 6.38. The lowest BCUT2D eigenvalue weighted by Crippen LogP contribution is -2.47. The number of aromatic amines is 1. The first-order chi connectivity index (χ1) is 9.38. The van der Waals surface area contributed by atoms with Crippen molar-refractivity contribution in [3.63, 3.8) is 0 Å². The third kappa shape index (κ3) is 2.09. The highest BCUT2D eigenvalue weighted by molar-refractivity contribution is 5.73. The Kier molecular flexibility index (Phi) is 2.68. The van der Waals surface area contributed by atoms with Crippen LogP contribution < -0.4 is 5.73 Å². The number of hydrazone groups is 1. The largest absolute Gasteiger partial charge is 0.461 e. The Bertz CT molecular complexity index is 624. The van der Waals surface area contributed by atoms with Crippen molar-refractivity contribution in [1.29, 1.82) is 0 Å². The van der Waals surface area contributed by atoms with Crippen molar-refractivity contribution in [3.8, 4) is 11.6 Å². The third-order valence-corrected chi connectivity index (χ3v) is 3.28. The average molecular weight is 274 g/mol. The highest BCUT2D eigenvalue weighted by atomic mass is 16.3. The molecule has 0 saturated heterocycles. The molecule has 1 aliphatic heterocycles. The van der Waals surface area contributed by atoms with E-state index < -0.39 is 5.54 Å². The molecule has 1 aliphatic rings. The SMILES string of the molecule is CC(C)(C)N1CC(N)(c2nc(-c3ccco3)n[nH]2)C=N1. The Morgan fingerprint density at radius 2 is 2.25 bits per heavy atom. The van der Waals surface area contributed by atoms with E-state index in [9.17, 15) is 0 Å². The van der Waals surface area contributed by atoms with Gasteiger partial charge in [-0.25, -0.2) is 4.98 Å². The molecule has 0 saturated carbocycles. The quantitative estimate of drug-likeness (QED) is 0.861. The summed E-state index contributed by atoms with van der Waals surface area (Å²) in [6, 6.07) is 3.60. The highest BCUT2D eigenvalue weighted by Gasteiger charge is 2.39. The van der Waals surface area contributed by atoms with Gasteiger partial charge >= 0.3 is 0 Å². The van der Waals surface area contributed by atoms with Crippen molar-refractivity contribution in [2.24, 2.45) is 10.8 Å². The van der Waals surface area contributed by atoms with Crippen LogP contribution >= 0.6 is 0 Å². The molecule has 2 aromatic heterocycles. The molecule has 0 amide bonds. The molecule has 2 aromatic rings. The Labute approximate surface area is 116 Å². The van der Waals surface area contributed by atoms with Crippen molar-refractivity contribution < 1.29 is 4.42 Å². The molecular weight excluding hydrogens is 256 g/mol. The lowest BCUT2D eigenvalue weighted by molar-refractivity contribution is 0.142. The molecule has 0 aliphatic carbocycles. The second-order valence-corrected chi connectivity index (χ2v) is 6.00. The van der Waals surface area contributed by atoms with Crippen LogP contribution in [0.1, 0.15) is 26.6 Å². The number of H-pyrrole nitrogens is 1. The zero-order chi connectivity index (χ0) is 14.4. The minimum absolute atomic E-state index is 0.0819. The fraction of sp³-hybridized carbons (Fsp3) is 0.462. The van der Waals surface area contributed by atoms with Crippen LogP contribution in [0, 0.1) is 0 Å². The first-order valence-electron chi connectivity index (χ1n) is 6.47. The predicted octanol–water partition coefficient (Wildman–Crippen LogP) is 1.32. The number of rotatable bonds is 2. The summed E-state index contributed by atoms with van der Waals surface area (Å²) in [4.78, 5) is 4.42. The molecule has 0 bridgehead atoms. The standard InChI is InChI=1S/C13H18N6O/c1-12(2,3)19-8-13(14,7-15-19)11-16-10(17-18-11)9-5-4-6-20-9/h4-7H,8,14H2,1-3H3,(H,16,17,18). The molecule has 20 heavy (non-hydrogen) atoms. The Balaban J connectivity index is 1.86. The number of nitrogens with two attached hydrogens (primary N) is 1. The smallest absolute Gasteiger partial charge is 0.216 e. The summed E-state index contributed by atoms with van der Waals surface area (Å²) < 4.78 is 5.27. The topological polar surface area (TPSA) is 96.3 Å². The van der Waals surface area contributed by atoms with E-state index in [0.29, 0.717) is 24.0 Å². The highest BCUT2D eigenvalue weighted by Crippen LogP contribution is 2.27. The zero-order valence-electron chi connectivity index (χ0n) is 11.8. The fourth-order valence-electron chi connectivity index (χ4n) is 2.03. The van der Waals surface area contributed by atoms with Crippen LogP contribution in [0.4, 0.5) is 0 Å². The van der Waals surface area contributed by atoms with E-state index in [0.717, 1.165) is 0 Å². The van der Waals surface area contributed by atoms with Crippen LogP contribution in [0.2, 0.25) is 0 Å². The summed E-state index contributed by atoms with van der Waals surface area (Å²) in [6.45, 7) is 6.82. The molecule has 0 aromatic carbocycles. The van der Waals surface area contributed by atoms with Crippen molar-refractivity contribution >= 4 is 6.21 Å². The molecule has 106 valence electrons. The van der Waals surface area contributed by atoms with Crippen LogP contribution in [0.25, 0.3) is 11.6 Å². The van der Waals surface area contributed by atoms with Crippen molar-refractivity contribution in [2.75, 3.05) is 6.54 Å². The monoisotopic (exact) mass is 274 g/mol. The summed E-state index contributed by atoms with van der Waals surface area (Å²) in [5.74, 6) is 1.69. The van der Waals surface area contributed by atoms with Crippen molar-refractivity contribution in [2.45, 2.75) is 31.8 Å². The number of hydrogen-bond acceptors (Lipinski definition) is 6. The molecule has 0 fully saturated rings. The van der Waals surface area contributed by atoms with Gasteiger partial charge in [-0.2, -0.15) is 5.10 Å². The molecule has 7 nitrogen and oxygen atoms in total. The second-order valence-electron chi connectivity index (χ2n) is 6.00. The van der Waals surface area contributed by atoms with Crippen LogP contribution in [-0.4, -0.2) is 38.5 Å². The lowest BCUT2D eigenvalue weighted by atomic mass is 10.0. The van der Waals surface area contributed by atoms with Gasteiger partial charge in [-0.15, -0.1) is 5.10 Å². The first kappa shape index (κ1) is 12.9. The molecular formula is C13H18N6O. The third-order valence-electron chi connectivity index (χ3n) is 3.28. The Morgan fingerprint density at radius 3 is 2.85 bits per heavy atom. The molecule has 1 atom stereocenters. The van der Waals surface area contributed by atoms with Gasteiger partial charge in [0.05, 0.1) is 19.0 Å². The minimum Gasteiger partial charge on any atom is -0.461 e. The number of furan rings is 1. The summed E-state index contributed by atoms with van der Waals surface area (Å²) in [5.41, 5.74) is 5.54. The van der Waals surface area contributed by atoms with E-state index in [1.807, 2.05) is 5.01 Å². The first-order valence-corrected chi connectivity index (χ1v) is 6.47. The van der Waals surface area contributed by atoms with Crippen LogP contribution in [0.15, 0.2) is 27.9 Å². The van der Waals surface area contributed by atoms with Crippen molar-refractivity contribution in [3.05, 3.63) is 24.2 Å². The Morgan fingerprint density at radius 1 is 1.45 bits per heavy atom. The summed E-state index contributed by atoms with van der Waals surface area (Å²) in [7, 11) is 0. The van der Waals surface area contributed by atoms with Gasteiger partial charge in [0.1, 0.15) is 5.54 Å². The van der Waals surface area contributed by atoms with E-state index in [-0.39, 0.29) is 5.54 Å². The van der Waals surface area contributed by atoms with Gasteiger partial charge in [0.15, 0.2) is 11.6 Å². The number of hydrogen-bond donors (Lipinski definition) is 2. The van der Waals surface area contributed by atoms with Crippen LogP contribution in [0.3, 0.4) is 0 Å². The van der Waals surface area contributed by atoms with E-state index in [1.54, 1.807) is 24.6 Å². The molecule has 3 N–H and O–H groups in total. The predicted molar refractivity (Wildman–Crippen MR) is 74.9 cm³/mol. The second kappa shape index (κ2) is 4.17. The molecule has 0 radical (unpaired) electrons. The maximum absolute atomic E-state index is 6.38. The minimum atomic E-state index is -0.759. The Hall–Kier alpha value is -2.15. The molecule has 1 unspecified atom stereocenters. The maximum Gasteiger partial charge on any atom is 0.216 e. The molecule has 0 spiro atoms. The fourth-order valence-corrected chi connectivity index (χ4v) is 2.03. The van der Waals surface area contributed by atoms with E-state index in [1.165, 1.54) is 0 Å². The van der Waals surface area contributed by atoms with Crippen LogP contribution in [-0.2, 0) is 5.54 Å². The van der Waals surface area contributed by atoms with E-state index >= 15 is 0 Å². The van der Waals surface area contributed by atoms with Gasteiger partial charge < -0.3 is 10.2 Å². The summed E-state index contributed by atoms with van der Waals surface area (Å²) in [6.07, 6.45) is 3.30. The van der Waals surface area contributed by atoms with Gasteiger partial charge in [-0.1, -0.05) is 0 Å². The van der Waals surface area contributed by atoms with E-state index in [2.05, 4.69) is 41.1 Å². The van der Waals surface area contributed by atoms with Crippen LogP contribution in [0.5, 0.6) is 0 Å². The van der Waals surface area contributed by atoms with Gasteiger partial charge in [0, 0.05) is 5.54 Å². The lowest BCUT2D eigenvalue weighted by Gasteiger charge is -2.32. The zero-order valence-corrected chi connectivity index (χ0v) is 11.8. The average Bonchev–Trinajstić information content (AvgIpc) is 3.08. The summed E-state index contributed by atoms with van der Waals surface area (Å²) >= 11 is 0. The molecule has 7 heteroatoms. The van der Waals surface area contributed by atoms with Gasteiger partial charge in [0.2, 0.25) is 5.82 Å². The van der Waals surface area contributed by atoms with E-state index in [4.69, 9.17) is 10.2 Å². The van der Waals surface area contributed by atoms with Gasteiger partial charge in [-0.05, 0) is 32.9 Å².